The minimum atomic E-state index is -0.0897. The summed E-state index contributed by atoms with van der Waals surface area (Å²) in [4.78, 5) is 17.5. The standard InChI is InChI=1S/C15H23N3O2S/c19-14(10-20-12-3-1-2-4-12)18-15-17-9-13(21-15)11-5-7-16-8-6-11/h9,11-12,16H,1-8,10H2,(H,17,18,19). The van der Waals surface area contributed by atoms with Gasteiger partial charge in [-0.05, 0) is 44.7 Å². The zero-order valence-electron chi connectivity index (χ0n) is 12.3. The molecular weight excluding hydrogens is 286 g/mol. The van der Waals surface area contributed by atoms with Crippen molar-refractivity contribution in [2.45, 2.75) is 50.5 Å². The highest BCUT2D eigenvalue weighted by molar-refractivity contribution is 7.15. The molecule has 0 atom stereocenters. The van der Waals surface area contributed by atoms with Crippen LogP contribution in [0.1, 0.15) is 49.3 Å². The Kier molecular flexibility index (Phi) is 5.22. The molecule has 1 saturated carbocycles. The van der Waals surface area contributed by atoms with E-state index < -0.39 is 0 Å². The molecule has 1 aliphatic carbocycles. The normalized spacial score (nSPS) is 20.8. The van der Waals surface area contributed by atoms with Gasteiger partial charge in [-0.2, -0.15) is 0 Å². The number of carbonyl (C=O) groups excluding carboxylic acids is 1. The molecule has 3 rings (SSSR count). The van der Waals surface area contributed by atoms with Crippen LogP contribution in [0.25, 0.3) is 0 Å². The average Bonchev–Trinajstić information content (AvgIpc) is 3.17. The fraction of sp³-hybridized carbons (Fsp3) is 0.733. The molecule has 0 spiro atoms. The number of carbonyl (C=O) groups is 1. The predicted octanol–water partition coefficient (Wildman–Crippen LogP) is 2.51. The lowest BCUT2D eigenvalue weighted by molar-refractivity contribution is -0.122. The number of rotatable bonds is 5. The molecule has 0 bridgehead atoms. The maximum atomic E-state index is 11.9. The zero-order chi connectivity index (χ0) is 14.5. The van der Waals surface area contributed by atoms with Gasteiger partial charge in [-0.1, -0.05) is 12.8 Å². The molecule has 2 fully saturated rings. The number of amides is 1. The van der Waals surface area contributed by atoms with E-state index >= 15 is 0 Å². The summed E-state index contributed by atoms with van der Waals surface area (Å²) in [7, 11) is 0. The van der Waals surface area contributed by atoms with E-state index in [1.165, 1.54) is 17.7 Å². The fourth-order valence-corrected chi connectivity index (χ4v) is 4.04. The van der Waals surface area contributed by atoms with Gasteiger partial charge in [0, 0.05) is 11.1 Å². The number of piperidine rings is 1. The molecule has 0 unspecified atom stereocenters. The van der Waals surface area contributed by atoms with Gasteiger partial charge in [-0.25, -0.2) is 4.98 Å². The van der Waals surface area contributed by atoms with Crippen LogP contribution >= 0.6 is 11.3 Å². The van der Waals surface area contributed by atoms with E-state index in [1.807, 2.05) is 6.20 Å². The molecule has 1 aliphatic heterocycles. The third-order valence-electron chi connectivity index (χ3n) is 4.26. The molecule has 21 heavy (non-hydrogen) atoms. The van der Waals surface area contributed by atoms with Crippen molar-refractivity contribution in [3.63, 3.8) is 0 Å². The number of nitrogens with zero attached hydrogens (tertiary/aromatic N) is 1. The topological polar surface area (TPSA) is 63.2 Å². The summed E-state index contributed by atoms with van der Waals surface area (Å²) < 4.78 is 5.62. The second-order valence-electron chi connectivity index (χ2n) is 5.86. The van der Waals surface area contributed by atoms with E-state index in [1.54, 1.807) is 11.3 Å². The SMILES string of the molecule is O=C(COC1CCCC1)Nc1ncc(C2CCNCC2)s1. The van der Waals surface area contributed by atoms with Crippen molar-refractivity contribution in [1.82, 2.24) is 10.3 Å². The molecule has 2 N–H and O–H groups in total. The van der Waals surface area contributed by atoms with Crippen LogP contribution in [0.2, 0.25) is 0 Å². The first kappa shape index (κ1) is 14.9. The third-order valence-corrected chi connectivity index (χ3v) is 5.34. The van der Waals surface area contributed by atoms with E-state index in [0.717, 1.165) is 38.8 Å². The Morgan fingerprint density at radius 3 is 2.86 bits per heavy atom. The molecule has 2 heterocycles. The molecule has 0 aromatic carbocycles. The number of aromatic nitrogens is 1. The zero-order valence-corrected chi connectivity index (χ0v) is 13.1. The Hall–Kier alpha value is -0.980. The molecule has 116 valence electrons. The smallest absolute Gasteiger partial charge is 0.252 e. The molecule has 1 aromatic heterocycles. The summed E-state index contributed by atoms with van der Waals surface area (Å²) in [5.41, 5.74) is 0. The van der Waals surface area contributed by atoms with Gasteiger partial charge in [0.1, 0.15) is 6.61 Å². The number of hydrogen-bond donors (Lipinski definition) is 2. The Bertz CT molecular complexity index is 465. The number of thiazole rings is 1. The van der Waals surface area contributed by atoms with Gasteiger partial charge in [0.15, 0.2) is 5.13 Å². The van der Waals surface area contributed by atoms with Crippen LogP contribution in [0.4, 0.5) is 5.13 Å². The lowest BCUT2D eigenvalue weighted by Crippen LogP contribution is -2.26. The summed E-state index contributed by atoms with van der Waals surface area (Å²) in [5.74, 6) is 0.497. The summed E-state index contributed by atoms with van der Waals surface area (Å²) in [6, 6.07) is 0. The van der Waals surface area contributed by atoms with Crippen molar-refractivity contribution < 1.29 is 9.53 Å². The molecule has 1 aromatic rings. The summed E-state index contributed by atoms with van der Waals surface area (Å²) in [5, 5.41) is 6.92. The molecular formula is C15H23N3O2S. The van der Waals surface area contributed by atoms with Gasteiger partial charge < -0.3 is 10.1 Å². The van der Waals surface area contributed by atoms with Crippen LogP contribution in [0, 0.1) is 0 Å². The van der Waals surface area contributed by atoms with Crippen molar-refractivity contribution >= 4 is 22.4 Å². The van der Waals surface area contributed by atoms with Crippen LogP contribution in [-0.2, 0) is 9.53 Å². The predicted molar refractivity (Wildman–Crippen MR) is 83.8 cm³/mol. The van der Waals surface area contributed by atoms with Gasteiger partial charge >= 0.3 is 0 Å². The first-order chi connectivity index (χ1) is 10.3. The first-order valence-electron chi connectivity index (χ1n) is 7.89. The average molecular weight is 309 g/mol. The van der Waals surface area contributed by atoms with E-state index in [-0.39, 0.29) is 18.6 Å². The summed E-state index contributed by atoms with van der Waals surface area (Å²) in [6.07, 6.45) is 9.11. The molecule has 5 nitrogen and oxygen atoms in total. The quantitative estimate of drug-likeness (QED) is 0.877. The van der Waals surface area contributed by atoms with E-state index in [4.69, 9.17) is 4.74 Å². The van der Waals surface area contributed by atoms with Crippen molar-refractivity contribution in [2.24, 2.45) is 0 Å². The van der Waals surface area contributed by atoms with Gasteiger partial charge in [-0.15, -0.1) is 11.3 Å². The fourth-order valence-electron chi connectivity index (χ4n) is 3.04. The van der Waals surface area contributed by atoms with Crippen LogP contribution < -0.4 is 10.6 Å². The van der Waals surface area contributed by atoms with Crippen LogP contribution in [-0.4, -0.2) is 36.7 Å². The Balaban J connectivity index is 1.45. The van der Waals surface area contributed by atoms with Crippen molar-refractivity contribution in [3.05, 3.63) is 11.1 Å². The minimum Gasteiger partial charge on any atom is -0.368 e. The number of hydrogen-bond acceptors (Lipinski definition) is 5. The number of ether oxygens (including phenoxy) is 1. The molecule has 0 radical (unpaired) electrons. The van der Waals surface area contributed by atoms with Crippen LogP contribution in [0.3, 0.4) is 0 Å². The van der Waals surface area contributed by atoms with Crippen LogP contribution in [0.15, 0.2) is 6.20 Å². The van der Waals surface area contributed by atoms with E-state index in [9.17, 15) is 4.79 Å². The summed E-state index contributed by atoms with van der Waals surface area (Å²) >= 11 is 1.60. The maximum Gasteiger partial charge on any atom is 0.252 e. The Morgan fingerprint density at radius 2 is 2.10 bits per heavy atom. The lowest BCUT2D eigenvalue weighted by atomic mass is 9.97. The highest BCUT2D eigenvalue weighted by atomic mass is 32.1. The Labute approximate surface area is 129 Å². The minimum absolute atomic E-state index is 0.0897. The third kappa shape index (κ3) is 4.25. The van der Waals surface area contributed by atoms with E-state index in [0.29, 0.717) is 11.0 Å². The number of nitrogens with one attached hydrogen (secondary N) is 2. The second-order valence-corrected chi connectivity index (χ2v) is 6.92. The van der Waals surface area contributed by atoms with Gasteiger partial charge in [-0.3, -0.25) is 10.1 Å². The Morgan fingerprint density at radius 1 is 1.33 bits per heavy atom. The summed E-state index contributed by atoms with van der Waals surface area (Å²) in [6.45, 7) is 2.28. The maximum absolute atomic E-state index is 11.9. The first-order valence-corrected chi connectivity index (χ1v) is 8.71. The van der Waals surface area contributed by atoms with E-state index in [2.05, 4.69) is 15.6 Å². The molecule has 1 amide bonds. The highest BCUT2D eigenvalue weighted by Gasteiger charge is 2.19. The van der Waals surface area contributed by atoms with Gasteiger partial charge in [0.05, 0.1) is 6.10 Å². The lowest BCUT2D eigenvalue weighted by Gasteiger charge is -2.20. The second kappa shape index (κ2) is 7.33. The monoisotopic (exact) mass is 309 g/mol. The molecule has 6 heteroatoms. The largest absolute Gasteiger partial charge is 0.368 e. The molecule has 1 saturated heterocycles. The van der Waals surface area contributed by atoms with Crippen molar-refractivity contribution in [2.75, 3.05) is 25.0 Å². The molecule has 2 aliphatic rings. The van der Waals surface area contributed by atoms with Gasteiger partial charge in [0.2, 0.25) is 0 Å². The van der Waals surface area contributed by atoms with Gasteiger partial charge in [0.25, 0.3) is 5.91 Å². The van der Waals surface area contributed by atoms with Crippen LogP contribution in [0.5, 0.6) is 0 Å². The highest BCUT2D eigenvalue weighted by Crippen LogP contribution is 2.31. The van der Waals surface area contributed by atoms with Crippen molar-refractivity contribution in [3.8, 4) is 0 Å². The van der Waals surface area contributed by atoms with Crippen molar-refractivity contribution in [1.29, 1.82) is 0 Å². The number of anilines is 1.